The van der Waals surface area contributed by atoms with Gasteiger partial charge in [0.1, 0.15) is 0 Å². The van der Waals surface area contributed by atoms with Gasteiger partial charge in [0.15, 0.2) is 6.19 Å². The SMILES string of the molecule is N#CNc1nc2cc(Cl)ccc2n1-c1ccccc1Cl. The van der Waals surface area contributed by atoms with Gasteiger partial charge in [-0.1, -0.05) is 35.3 Å². The number of halogens is 2. The lowest BCUT2D eigenvalue weighted by atomic mass is 10.3. The van der Waals surface area contributed by atoms with E-state index >= 15 is 0 Å². The molecule has 0 atom stereocenters. The third kappa shape index (κ3) is 2.07. The molecule has 0 aliphatic carbocycles. The number of anilines is 1. The molecular formula is C14H8Cl2N4. The predicted octanol–water partition coefficient (Wildman–Crippen LogP) is 4.23. The summed E-state index contributed by atoms with van der Waals surface area (Å²) in [4.78, 5) is 4.37. The van der Waals surface area contributed by atoms with Crippen LogP contribution >= 0.6 is 23.2 Å². The van der Waals surface area contributed by atoms with Crippen LogP contribution in [-0.4, -0.2) is 9.55 Å². The summed E-state index contributed by atoms with van der Waals surface area (Å²) in [5.74, 6) is 0.401. The van der Waals surface area contributed by atoms with Gasteiger partial charge in [-0.3, -0.25) is 9.88 Å². The molecule has 98 valence electrons. The van der Waals surface area contributed by atoms with Gasteiger partial charge in [0.25, 0.3) is 0 Å². The quantitative estimate of drug-likeness (QED) is 0.569. The average molecular weight is 303 g/mol. The van der Waals surface area contributed by atoms with Crippen LogP contribution in [0.2, 0.25) is 10.0 Å². The molecule has 6 heteroatoms. The summed E-state index contributed by atoms with van der Waals surface area (Å²) in [6.45, 7) is 0. The van der Waals surface area contributed by atoms with E-state index in [4.69, 9.17) is 28.5 Å². The minimum atomic E-state index is 0.401. The fraction of sp³-hybridized carbons (Fsp3) is 0. The van der Waals surface area contributed by atoms with Gasteiger partial charge in [-0.25, -0.2) is 4.98 Å². The maximum absolute atomic E-state index is 8.87. The minimum Gasteiger partial charge on any atom is -0.277 e. The third-order valence-electron chi connectivity index (χ3n) is 2.88. The lowest BCUT2D eigenvalue weighted by molar-refractivity contribution is 1.10. The summed E-state index contributed by atoms with van der Waals surface area (Å²) in [5.41, 5.74) is 2.26. The van der Waals surface area contributed by atoms with Gasteiger partial charge in [0.2, 0.25) is 5.95 Å². The van der Waals surface area contributed by atoms with E-state index in [1.165, 1.54) is 0 Å². The fourth-order valence-corrected chi connectivity index (χ4v) is 2.45. The number of hydrogen-bond acceptors (Lipinski definition) is 3. The van der Waals surface area contributed by atoms with Crippen molar-refractivity contribution in [3.05, 3.63) is 52.5 Å². The van der Waals surface area contributed by atoms with Crippen molar-refractivity contribution in [2.24, 2.45) is 0 Å². The van der Waals surface area contributed by atoms with Gasteiger partial charge in [0, 0.05) is 5.02 Å². The highest BCUT2D eigenvalue weighted by Gasteiger charge is 2.14. The smallest absolute Gasteiger partial charge is 0.222 e. The van der Waals surface area contributed by atoms with Crippen molar-refractivity contribution in [2.75, 3.05) is 5.32 Å². The third-order valence-corrected chi connectivity index (χ3v) is 3.43. The second kappa shape index (κ2) is 5.04. The number of nitrogens with zero attached hydrogens (tertiary/aromatic N) is 3. The molecule has 1 heterocycles. The Hall–Kier alpha value is -2.22. The van der Waals surface area contributed by atoms with Crippen LogP contribution in [0.25, 0.3) is 16.7 Å². The van der Waals surface area contributed by atoms with Crippen LogP contribution in [0, 0.1) is 11.5 Å². The summed E-state index contributed by atoms with van der Waals surface area (Å²) in [7, 11) is 0. The molecular weight excluding hydrogens is 295 g/mol. The molecule has 20 heavy (non-hydrogen) atoms. The van der Waals surface area contributed by atoms with Crippen molar-refractivity contribution < 1.29 is 0 Å². The Morgan fingerprint density at radius 1 is 1.15 bits per heavy atom. The Kier molecular flexibility index (Phi) is 3.23. The molecule has 0 saturated heterocycles. The molecule has 0 unspecified atom stereocenters. The van der Waals surface area contributed by atoms with Crippen LogP contribution in [0.4, 0.5) is 5.95 Å². The highest BCUT2D eigenvalue weighted by atomic mass is 35.5. The standard InChI is InChI=1S/C14H8Cl2N4/c15-9-5-6-13-11(7-9)19-14(18-8-17)20(13)12-4-2-1-3-10(12)16/h1-7H,(H,18,19). The topological polar surface area (TPSA) is 53.6 Å². The van der Waals surface area contributed by atoms with E-state index in [1.807, 2.05) is 30.5 Å². The largest absolute Gasteiger partial charge is 0.277 e. The number of imidazole rings is 1. The number of fused-ring (bicyclic) bond motifs is 1. The van der Waals surface area contributed by atoms with Gasteiger partial charge in [-0.15, -0.1) is 0 Å². The summed E-state index contributed by atoms with van der Waals surface area (Å²) >= 11 is 12.2. The molecule has 0 aliphatic rings. The average Bonchev–Trinajstić information content (AvgIpc) is 2.77. The predicted molar refractivity (Wildman–Crippen MR) is 80.3 cm³/mol. The molecule has 0 radical (unpaired) electrons. The van der Waals surface area contributed by atoms with Crippen LogP contribution in [0.15, 0.2) is 42.5 Å². The molecule has 0 spiro atoms. The Balaban J connectivity index is 2.35. The molecule has 0 aliphatic heterocycles. The van der Waals surface area contributed by atoms with Crippen LogP contribution in [0.5, 0.6) is 0 Å². The maximum atomic E-state index is 8.87. The summed E-state index contributed by atoms with van der Waals surface area (Å²) in [5, 5.41) is 12.6. The first-order valence-electron chi connectivity index (χ1n) is 5.78. The Labute approximate surface area is 125 Å². The fourth-order valence-electron chi connectivity index (χ4n) is 2.06. The van der Waals surface area contributed by atoms with E-state index in [1.54, 1.807) is 22.8 Å². The first-order valence-corrected chi connectivity index (χ1v) is 6.54. The number of hydrogen-bond donors (Lipinski definition) is 1. The van der Waals surface area contributed by atoms with E-state index in [2.05, 4.69) is 10.3 Å². The van der Waals surface area contributed by atoms with Crippen LogP contribution < -0.4 is 5.32 Å². The molecule has 0 amide bonds. The Morgan fingerprint density at radius 2 is 1.95 bits per heavy atom. The Bertz CT molecular complexity index is 833. The van der Waals surface area contributed by atoms with Gasteiger partial charge in [0.05, 0.1) is 21.7 Å². The summed E-state index contributed by atoms with van der Waals surface area (Å²) < 4.78 is 1.79. The number of rotatable bonds is 2. The zero-order chi connectivity index (χ0) is 14.1. The zero-order valence-corrected chi connectivity index (χ0v) is 11.7. The van der Waals surface area contributed by atoms with E-state index in [-0.39, 0.29) is 0 Å². The second-order valence-electron chi connectivity index (χ2n) is 4.09. The zero-order valence-electron chi connectivity index (χ0n) is 10.1. The molecule has 4 nitrogen and oxygen atoms in total. The highest BCUT2D eigenvalue weighted by molar-refractivity contribution is 6.32. The summed E-state index contributed by atoms with van der Waals surface area (Å²) in [6.07, 6.45) is 1.88. The van der Waals surface area contributed by atoms with Gasteiger partial charge < -0.3 is 0 Å². The molecule has 2 aromatic carbocycles. The first kappa shape index (κ1) is 12.8. The highest BCUT2D eigenvalue weighted by Crippen LogP contribution is 2.30. The second-order valence-corrected chi connectivity index (χ2v) is 4.94. The number of aromatic nitrogens is 2. The molecule has 3 rings (SSSR count). The molecule has 1 N–H and O–H groups in total. The molecule has 0 bridgehead atoms. The van der Waals surface area contributed by atoms with Gasteiger partial charge >= 0.3 is 0 Å². The molecule has 0 saturated carbocycles. The van der Waals surface area contributed by atoms with Crippen LogP contribution in [-0.2, 0) is 0 Å². The van der Waals surface area contributed by atoms with Crippen molar-refractivity contribution in [3.8, 4) is 11.9 Å². The lowest BCUT2D eigenvalue weighted by Crippen LogP contribution is -2.01. The maximum Gasteiger partial charge on any atom is 0.222 e. The number of nitrogens with one attached hydrogen (secondary N) is 1. The molecule has 0 fully saturated rings. The molecule has 1 aromatic heterocycles. The number of para-hydroxylation sites is 1. The van der Waals surface area contributed by atoms with E-state index in [0.29, 0.717) is 21.5 Å². The van der Waals surface area contributed by atoms with E-state index < -0.39 is 0 Å². The Morgan fingerprint density at radius 3 is 2.70 bits per heavy atom. The van der Waals surface area contributed by atoms with Gasteiger partial charge in [-0.2, -0.15) is 5.26 Å². The molecule has 3 aromatic rings. The van der Waals surface area contributed by atoms with Crippen LogP contribution in [0.1, 0.15) is 0 Å². The van der Waals surface area contributed by atoms with E-state index in [9.17, 15) is 0 Å². The summed E-state index contributed by atoms with van der Waals surface area (Å²) in [6, 6.07) is 12.7. The van der Waals surface area contributed by atoms with Crippen molar-refractivity contribution in [1.82, 2.24) is 9.55 Å². The van der Waals surface area contributed by atoms with Crippen molar-refractivity contribution in [1.29, 1.82) is 5.26 Å². The van der Waals surface area contributed by atoms with Crippen molar-refractivity contribution >= 4 is 40.2 Å². The van der Waals surface area contributed by atoms with E-state index in [0.717, 1.165) is 11.2 Å². The van der Waals surface area contributed by atoms with Gasteiger partial charge in [-0.05, 0) is 30.3 Å². The van der Waals surface area contributed by atoms with Crippen molar-refractivity contribution in [3.63, 3.8) is 0 Å². The first-order chi connectivity index (χ1) is 9.70. The normalized spacial score (nSPS) is 10.4. The lowest BCUT2D eigenvalue weighted by Gasteiger charge is -2.09. The van der Waals surface area contributed by atoms with Crippen molar-refractivity contribution in [2.45, 2.75) is 0 Å². The monoisotopic (exact) mass is 302 g/mol. The van der Waals surface area contributed by atoms with Crippen LogP contribution in [0.3, 0.4) is 0 Å². The number of benzene rings is 2. The number of nitriles is 1. The minimum absolute atomic E-state index is 0.401.